The predicted octanol–water partition coefficient (Wildman–Crippen LogP) is 2.26. The average molecular weight is 693 g/mol. The SMILES string of the molecule is CCCCc1ccc(-c2ccc(C(=O)N[C@@H](CCCCN)C(=O)N[C@H]3CCC(=O)NCCCC[C@@H](C(=O)OC)NC(=O)CNC3=O)cc2)cc1. The molecule has 1 saturated heterocycles. The fourth-order valence-corrected chi connectivity index (χ4v) is 5.60. The molecule has 0 unspecified atom stereocenters. The van der Waals surface area contributed by atoms with E-state index < -0.39 is 54.3 Å². The Balaban J connectivity index is 1.70. The third kappa shape index (κ3) is 13.3. The van der Waals surface area contributed by atoms with Gasteiger partial charge in [-0.1, -0.05) is 49.7 Å². The van der Waals surface area contributed by atoms with Gasteiger partial charge in [0.15, 0.2) is 0 Å². The van der Waals surface area contributed by atoms with E-state index in [9.17, 15) is 28.8 Å². The molecule has 13 nitrogen and oxygen atoms in total. The van der Waals surface area contributed by atoms with E-state index in [1.807, 2.05) is 12.1 Å². The summed E-state index contributed by atoms with van der Waals surface area (Å²) in [5.41, 5.74) is 9.31. The number of carbonyl (C=O) groups excluding carboxylic acids is 6. The Hall–Kier alpha value is -4.78. The van der Waals surface area contributed by atoms with Crippen molar-refractivity contribution in [3.05, 3.63) is 59.7 Å². The molecule has 2 aromatic carbocycles. The highest BCUT2D eigenvalue weighted by Gasteiger charge is 2.28. The number of hydrogen-bond acceptors (Lipinski definition) is 8. The summed E-state index contributed by atoms with van der Waals surface area (Å²) in [6.07, 6.45) is 6.04. The van der Waals surface area contributed by atoms with E-state index in [2.05, 4.69) is 57.8 Å². The molecule has 1 aliphatic rings. The minimum absolute atomic E-state index is 0.0413. The molecular weight excluding hydrogens is 640 g/mol. The smallest absolute Gasteiger partial charge is 0.328 e. The molecule has 0 radical (unpaired) electrons. The number of ether oxygens (including phenoxy) is 1. The second kappa shape index (κ2) is 21.3. The number of benzene rings is 2. The number of unbranched alkanes of at least 4 members (excludes halogenated alkanes) is 2. The lowest BCUT2D eigenvalue weighted by Gasteiger charge is -2.23. The predicted molar refractivity (Wildman–Crippen MR) is 190 cm³/mol. The van der Waals surface area contributed by atoms with Crippen LogP contribution >= 0.6 is 0 Å². The molecule has 5 amide bonds. The molecule has 1 aliphatic heterocycles. The molecule has 7 N–H and O–H groups in total. The molecule has 2 aromatic rings. The molecule has 13 heteroatoms. The minimum Gasteiger partial charge on any atom is -0.467 e. The second-order valence-corrected chi connectivity index (χ2v) is 12.5. The van der Waals surface area contributed by atoms with E-state index >= 15 is 0 Å². The van der Waals surface area contributed by atoms with Crippen molar-refractivity contribution in [2.75, 3.05) is 26.7 Å². The van der Waals surface area contributed by atoms with Crippen molar-refractivity contribution in [3.63, 3.8) is 0 Å². The molecule has 50 heavy (non-hydrogen) atoms. The Morgan fingerprint density at radius 2 is 1.60 bits per heavy atom. The lowest BCUT2D eigenvalue weighted by atomic mass is 10.0. The molecule has 3 rings (SSSR count). The van der Waals surface area contributed by atoms with Crippen molar-refractivity contribution in [1.82, 2.24) is 26.6 Å². The van der Waals surface area contributed by atoms with Crippen LogP contribution in [0.2, 0.25) is 0 Å². The van der Waals surface area contributed by atoms with Gasteiger partial charge >= 0.3 is 5.97 Å². The summed E-state index contributed by atoms with van der Waals surface area (Å²) in [6, 6.07) is 12.4. The average Bonchev–Trinajstić information content (AvgIpc) is 3.13. The first-order chi connectivity index (χ1) is 24.1. The van der Waals surface area contributed by atoms with Crippen molar-refractivity contribution < 1.29 is 33.5 Å². The largest absolute Gasteiger partial charge is 0.467 e. The number of amides is 5. The molecule has 1 heterocycles. The Kier molecular flexibility index (Phi) is 16.9. The Bertz CT molecular complexity index is 1430. The van der Waals surface area contributed by atoms with Crippen molar-refractivity contribution in [1.29, 1.82) is 0 Å². The van der Waals surface area contributed by atoms with Crippen molar-refractivity contribution in [2.24, 2.45) is 5.73 Å². The van der Waals surface area contributed by atoms with Gasteiger partial charge < -0.3 is 37.1 Å². The maximum Gasteiger partial charge on any atom is 0.328 e. The van der Waals surface area contributed by atoms with Gasteiger partial charge in [0.25, 0.3) is 5.91 Å². The molecule has 1 fully saturated rings. The molecule has 0 aliphatic carbocycles. The van der Waals surface area contributed by atoms with Gasteiger partial charge in [-0.15, -0.1) is 0 Å². The van der Waals surface area contributed by atoms with Crippen LogP contribution in [0.5, 0.6) is 0 Å². The number of nitrogens with two attached hydrogens (primary N) is 1. The van der Waals surface area contributed by atoms with Gasteiger partial charge in [-0.3, -0.25) is 24.0 Å². The summed E-state index contributed by atoms with van der Waals surface area (Å²) < 4.78 is 4.78. The summed E-state index contributed by atoms with van der Waals surface area (Å²) >= 11 is 0. The number of esters is 1. The normalized spacial score (nSPS) is 18.3. The second-order valence-electron chi connectivity index (χ2n) is 12.5. The van der Waals surface area contributed by atoms with Crippen molar-refractivity contribution >= 4 is 35.5 Å². The maximum absolute atomic E-state index is 13.6. The van der Waals surface area contributed by atoms with Crippen molar-refractivity contribution in [2.45, 2.75) is 95.7 Å². The fourth-order valence-electron chi connectivity index (χ4n) is 5.60. The number of hydrogen-bond donors (Lipinski definition) is 6. The zero-order valence-corrected chi connectivity index (χ0v) is 29.2. The summed E-state index contributed by atoms with van der Waals surface area (Å²) in [6.45, 7) is 2.45. The zero-order valence-electron chi connectivity index (χ0n) is 29.2. The number of rotatable bonds is 13. The number of aryl methyl sites for hydroxylation is 1. The minimum atomic E-state index is -1.18. The highest BCUT2D eigenvalue weighted by atomic mass is 16.5. The molecule has 0 spiro atoms. The highest BCUT2D eigenvalue weighted by molar-refractivity contribution is 5.99. The van der Waals surface area contributed by atoms with Crippen LogP contribution < -0.4 is 32.3 Å². The van der Waals surface area contributed by atoms with Gasteiger partial charge in [0, 0.05) is 18.5 Å². The molecule has 0 saturated carbocycles. The molecule has 3 atom stereocenters. The van der Waals surface area contributed by atoms with Crippen LogP contribution in [0, 0.1) is 0 Å². The fraction of sp³-hybridized carbons (Fsp3) is 0.514. The standard InChI is InChI=1S/C37H52N6O7/c1-3-4-9-25-12-14-26(15-13-25)27-16-18-28(19-17-27)34(46)42-29(10-5-7-22-38)36(48)43-30-20-21-32(44)39-23-8-6-11-31(37(49)50-2)41-33(45)24-40-35(30)47/h12-19,29-31H,3-11,20-24,38H2,1-2H3,(H,39,44)(H,40,47)(H,41,45)(H,42,46)(H,43,48)/t29-,30-,31-/m0/s1. The third-order valence-electron chi connectivity index (χ3n) is 8.60. The van der Waals surface area contributed by atoms with Gasteiger partial charge in [0.1, 0.15) is 18.1 Å². The summed E-state index contributed by atoms with van der Waals surface area (Å²) in [4.78, 5) is 77.4. The van der Waals surface area contributed by atoms with E-state index in [1.54, 1.807) is 12.1 Å². The van der Waals surface area contributed by atoms with Crippen LogP contribution in [0.4, 0.5) is 0 Å². The van der Waals surface area contributed by atoms with E-state index in [0.29, 0.717) is 50.8 Å². The molecule has 0 aromatic heterocycles. The van der Waals surface area contributed by atoms with Crippen LogP contribution in [0.15, 0.2) is 48.5 Å². The Morgan fingerprint density at radius 1 is 0.900 bits per heavy atom. The summed E-state index contributed by atoms with van der Waals surface area (Å²) in [7, 11) is 1.22. The van der Waals surface area contributed by atoms with Gasteiger partial charge in [-0.2, -0.15) is 0 Å². The van der Waals surface area contributed by atoms with Gasteiger partial charge in [0.05, 0.1) is 13.7 Å². The van der Waals surface area contributed by atoms with E-state index in [0.717, 1.165) is 30.4 Å². The molecule has 272 valence electrons. The highest BCUT2D eigenvalue weighted by Crippen LogP contribution is 2.21. The lowest BCUT2D eigenvalue weighted by molar-refractivity contribution is -0.145. The maximum atomic E-state index is 13.6. The zero-order chi connectivity index (χ0) is 36.3. The number of methoxy groups -OCH3 is 1. The monoisotopic (exact) mass is 692 g/mol. The first kappa shape index (κ1) is 39.7. The van der Waals surface area contributed by atoms with Crippen LogP contribution in [0.25, 0.3) is 11.1 Å². The van der Waals surface area contributed by atoms with E-state index in [4.69, 9.17) is 10.5 Å². The van der Waals surface area contributed by atoms with Crippen LogP contribution in [-0.2, 0) is 35.1 Å². The van der Waals surface area contributed by atoms with Crippen molar-refractivity contribution in [3.8, 4) is 11.1 Å². The van der Waals surface area contributed by atoms with Crippen LogP contribution in [-0.4, -0.2) is 80.4 Å². The Morgan fingerprint density at radius 3 is 2.26 bits per heavy atom. The van der Waals surface area contributed by atoms with Crippen LogP contribution in [0.1, 0.15) is 87.1 Å². The summed E-state index contributed by atoms with van der Waals surface area (Å²) in [5.74, 6) is -3.29. The topological polar surface area (TPSA) is 198 Å². The quantitative estimate of drug-likeness (QED) is 0.136. The molecule has 0 bridgehead atoms. The van der Waals surface area contributed by atoms with Gasteiger partial charge in [-0.05, 0) is 93.2 Å². The van der Waals surface area contributed by atoms with Gasteiger partial charge in [0.2, 0.25) is 23.6 Å². The van der Waals surface area contributed by atoms with Gasteiger partial charge in [-0.25, -0.2) is 4.79 Å². The first-order valence-corrected chi connectivity index (χ1v) is 17.6. The van der Waals surface area contributed by atoms with E-state index in [-0.39, 0.29) is 25.2 Å². The third-order valence-corrected chi connectivity index (χ3v) is 8.60. The first-order valence-electron chi connectivity index (χ1n) is 17.6. The Labute approximate surface area is 294 Å². The van der Waals surface area contributed by atoms with E-state index in [1.165, 1.54) is 12.7 Å². The number of nitrogens with one attached hydrogen (secondary N) is 5. The lowest BCUT2D eigenvalue weighted by Crippen LogP contribution is -2.55. The molecular formula is C37H52N6O7. The van der Waals surface area contributed by atoms with Crippen LogP contribution in [0.3, 0.4) is 0 Å². The number of carbonyl (C=O) groups is 6. The summed E-state index contributed by atoms with van der Waals surface area (Å²) in [5, 5.41) is 13.3.